The monoisotopic (exact) mass is 321 g/mol. The van der Waals surface area contributed by atoms with Crippen molar-refractivity contribution >= 4 is 10.0 Å². The van der Waals surface area contributed by atoms with Gasteiger partial charge in [-0.15, -0.1) is 0 Å². The van der Waals surface area contributed by atoms with E-state index in [0.717, 1.165) is 32.0 Å². The van der Waals surface area contributed by atoms with Crippen molar-refractivity contribution in [3.63, 3.8) is 0 Å². The average molecular weight is 321 g/mol. The molecule has 1 fully saturated rings. The third-order valence-corrected chi connectivity index (χ3v) is 5.59. The van der Waals surface area contributed by atoms with E-state index in [1.807, 2.05) is 6.07 Å². The summed E-state index contributed by atoms with van der Waals surface area (Å²) in [5.41, 5.74) is 0.457. The quantitative estimate of drug-likeness (QED) is 0.813. The van der Waals surface area contributed by atoms with Crippen LogP contribution in [0.4, 0.5) is 0 Å². The fourth-order valence-electron chi connectivity index (χ4n) is 2.59. The molecule has 22 heavy (non-hydrogen) atoms. The Morgan fingerprint density at radius 2 is 1.91 bits per heavy atom. The molecule has 0 atom stereocenters. The molecule has 120 valence electrons. The molecule has 1 aliphatic heterocycles. The van der Waals surface area contributed by atoms with E-state index in [2.05, 4.69) is 16.5 Å². The molecule has 1 N–H and O–H groups in total. The maximum Gasteiger partial charge on any atom is 0.240 e. The molecular weight excluding hydrogens is 298 g/mol. The van der Waals surface area contributed by atoms with Gasteiger partial charge in [0.1, 0.15) is 0 Å². The third kappa shape index (κ3) is 4.80. The number of hydrogen-bond donors (Lipinski definition) is 1. The van der Waals surface area contributed by atoms with E-state index in [4.69, 9.17) is 5.26 Å². The SMILES string of the molecule is CC1CCN(CCCNS(=O)(=O)c2ccc(C#N)cc2)CC1. The molecule has 2 rings (SSSR count). The summed E-state index contributed by atoms with van der Waals surface area (Å²) >= 11 is 0. The van der Waals surface area contributed by atoms with Crippen LogP contribution in [0.2, 0.25) is 0 Å². The van der Waals surface area contributed by atoms with E-state index in [1.165, 1.54) is 37.1 Å². The van der Waals surface area contributed by atoms with Crippen LogP contribution in [-0.4, -0.2) is 39.5 Å². The molecule has 0 bridgehead atoms. The first kappa shape index (κ1) is 16.9. The summed E-state index contributed by atoms with van der Waals surface area (Å²) in [6.07, 6.45) is 3.28. The molecule has 1 aromatic rings. The highest BCUT2D eigenvalue weighted by Crippen LogP contribution is 2.16. The van der Waals surface area contributed by atoms with Crippen molar-refractivity contribution in [2.75, 3.05) is 26.2 Å². The zero-order valence-electron chi connectivity index (χ0n) is 13.0. The Morgan fingerprint density at radius 1 is 1.27 bits per heavy atom. The summed E-state index contributed by atoms with van der Waals surface area (Å²) in [4.78, 5) is 2.61. The van der Waals surface area contributed by atoms with Gasteiger partial charge in [0.2, 0.25) is 10.0 Å². The minimum atomic E-state index is -3.47. The lowest BCUT2D eigenvalue weighted by Gasteiger charge is -2.30. The molecule has 1 saturated heterocycles. The topological polar surface area (TPSA) is 73.2 Å². The van der Waals surface area contributed by atoms with Crippen molar-refractivity contribution in [3.8, 4) is 6.07 Å². The van der Waals surface area contributed by atoms with Gasteiger partial charge >= 0.3 is 0 Å². The van der Waals surface area contributed by atoms with Gasteiger partial charge in [0, 0.05) is 6.54 Å². The van der Waals surface area contributed by atoms with E-state index in [1.54, 1.807) is 0 Å². The second-order valence-electron chi connectivity index (χ2n) is 5.91. The molecule has 6 heteroatoms. The third-order valence-electron chi connectivity index (χ3n) is 4.11. The molecule has 0 spiro atoms. The van der Waals surface area contributed by atoms with Crippen molar-refractivity contribution < 1.29 is 8.42 Å². The van der Waals surface area contributed by atoms with E-state index >= 15 is 0 Å². The van der Waals surface area contributed by atoms with Gasteiger partial charge in [-0.05, 0) is 69.1 Å². The van der Waals surface area contributed by atoms with Crippen LogP contribution in [0.5, 0.6) is 0 Å². The first-order chi connectivity index (χ1) is 10.5. The Morgan fingerprint density at radius 3 is 2.50 bits per heavy atom. The number of nitriles is 1. The van der Waals surface area contributed by atoms with E-state index in [-0.39, 0.29) is 4.90 Å². The van der Waals surface area contributed by atoms with Crippen LogP contribution in [0.1, 0.15) is 31.7 Å². The van der Waals surface area contributed by atoms with E-state index in [0.29, 0.717) is 12.1 Å². The predicted molar refractivity (Wildman–Crippen MR) is 85.8 cm³/mol. The van der Waals surface area contributed by atoms with Crippen LogP contribution in [-0.2, 0) is 10.0 Å². The highest BCUT2D eigenvalue weighted by molar-refractivity contribution is 7.89. The highest BCUT2D eigenvalue weighted by Gasteiger charge is 2.16. The lowest BCUT2D eigenvalue weighted by molar-refractivity contribution is 0.191. The number of piperidine rings is 1. The van der Waals surface area contributed by atoms with Crippen LogP contribution in [0.15, 0.2) is 29.2 Å². The molecule has 0 saturated carbocycles. The second-order valence-corrected chi connectivity index (χ2v) is 7.68. The Balaban J connectivity index is 1.76. The molecule has 0 aliphatic carbocycles. The molecule has 1 aliphatic rings. The van der Waals surface area contributed by atoms with Gasteiger partial charge < -0.3 is 4.90 Å². The number of rotatable bonds is 6. The van der Waals surface area contributed by atoms with Crippen LogP contribution >= 0.6 is 0 Å². The van der Waals surface area contributed by atoms with E-state index in [9.17, 15) is 8.42 Å². The van der Waals surface area contributed by atoms with Crippen LogP contribution in [0.3, 0.4) is 0 Å². The summed E-state index contributed by atoms with van der Waals surface area (Å²) in [5, 5.41) is 8.73. The predicted octanol–water partition coefficient (Wildman–Crippen LogP) is 1.96. The lowest BCUT2D eigenvalue weighted by atomic mass is 9.99. The van der Waals surface area contributed by atoms with Gasteiger partial charge in [0.15, 0.2) is 0 Å². The Hall–Kier alpha value is -1.42. The second kappa shape index (κ2) is 7.73. The van der Waals surface area contributed by atoms with Crippen LogP contribution in [0.25, 0.3) is 0 Å². The number of nitrogens with zero attached hydrogens (tertiary/aromatic N) is 2. The Labute approximate surface area is 133 Å². The van der Waals surface area contributed by atoms with Crippen LogP contribution in [0, 0.1) is 17.2 Å². The highest BCUT2D eigenvalue weighted by atomic mass is 32.2. The lowest BCUT2D eigenvalue weighted by Crippen LogP contribution is -2.35. The first-order valence-corrected chi connectivity index (χ1v) is 9.22. The number of benzene rings is 1. The number of sulfonamides is 1. The molecule has 0 amide bonds. The fraction of sp³-hybridized carbons (Fsp3) is 0.562. The van der Waals surface area contributed by atoms with Crippen LogP contribution < -0.4 is 4.72 Å². The average Bonchev–Trinajstić information content (AvgIpc) is 2.53. The van der Waals surface area contributed by atoms with Crippen molar-refractivity contribution in [1.82, 2.24) is 9.62 Å². The zero-order chi connectivity index (χ0) is 16.0. The number of likely N-dealkylation sites (tertiary alicyclic amines) is 1. The summed E-state index contributed by atoms with van der Waals surface area (Å²) in [6, 6.07) is 7.94. The van der Waals surface area contributed by atoms with Crippen molar-refractivity contribution in [2.45, 2.75) is 31.1 Å². The van der Waals surface area contributed by atoms with E-state index < -0.39 is 10.0 Å². The normalized spacial score (nSPS) is 17.3. The minimum absolute atomic E-state index is 0.207. The number of hydrogen-bond acceptors (Lipinski definition) is 4. The van der Waals surface area contributed by atoms with Crippen molar-refractivity contribution in [1.29, 1.82) is 5.26 Å². The van der Waals surface area contributed by atoms with Gasteiger partial charge in [-0.2, -0.15) is 5.26 Å². The standard InChI is InChI=1S/C16H23N3O2S/c1-14-7-11-19(12-8-14)10-2-9-18-22(20,21)16-5-3-15(13-17)4-6-16/h3-6,14,18H,2,7-12H2,1H3. The van der Waals surface area contributed by atoms with Crippen molar-refractivity contribution in [3.05, 3.63) is 29.8 Å². The van der Waals surface area contributed by atoms with Gasteiger partial charge in [-0.3, -0.25) is 0 Å². The zero-order valence-corrected chi connectivity index (χ0v) is 13.8. The molecule has 0 unspecified atom stereocenters. The minimum Gasteiger partial charge on any atom is -0.303 e. The molecule has 0 aromatic heterocycles. The van der Waals surface area contributed by atoms with Gasteiger partial charge in [0.25, 0.3) is 0 Å². The first-order valence-electron chi connectivity index (χ1n) is 7.73. The van der Waals surface area contributed by atoms with Crippen molar-refractivity contribution in [2.24, 2.45) is 5.92 Å². The van der Waals surface area contributed by atoms with Gasteiger partial charge in [-0.1, -0.05) is 6.92 Å². The largest absolute Gasteiger partial charge is 0.303 e. The molecule has 1 heterocycles. The fourth-order valence-corrected chi connectivity index (χ4v) is 3.66. The van der Waals surface area contributed by atoms with Gasteiger partial charge in [-0.25, -0.2) is 13.1 Å². The Kier molecular flexibility index (Phi) is 5.95. The summed E-state index contributed by atoms with van der Waals surface area (Å²) in [7, 11) is -3.47. The summed E-state index contributed by atoms with van der Waals surface area (Å²) in [5.74, 6) is 0.811. The summed E-state index contributed by atoms with van der Waals surface area (Å²) < 4.78 is 26.9. The smallest absolute Gasteiger partial charge is 0.240 e. The number of nitrogens with one attached hydrogen (secondary N) is 1. The molecule has 0 radical (unpaired) electrons. The molecule has 5 nitrogen and oxygen atoms in total. The maximum atomic E-state index is 12.1. The maximum absolute atomic E-state index is 12.1. The Bertz CT molecular complexity index is 612. The van der Waals surface area contributed by atoms with Gasteiger partial charge in [0.05, 0.1) is 16.5 Å². The molecular formula is C16H23N3O2S. The molecule has 1 aromatic carbocycles. The summed E-state index contributed by atoms with van der Waals surface area (Å²) in [6.45, 7) is 5.88.